The van der Waals surface area contributed by atoms with Crippen LogP contribution in [0.5, 0.6) is 0 Å². The van der Waals surface area contributed by atoms with Gasteiger partial charge in [0.2, 0.25) is 0 Å². The molecule has 1 aromatic heterocycles. The van der Waals surface area contributed by atoms with Crippen LogP contribution in [0.1, 0.15) is 51.4 Å². The van der Waals surface area contributed by atoms with E-state index in [4.69, 9.17) is 0 Å². The molecule has 1 aliphatic rings. The van der Waals surface area contributed by atoms with Gasteiger partial charge in [0.05, 0.1) is 10.1 Å². The quantitative estimate of drug-likeness (QED) is 0.827. The van der Waals surface area contributed by atoms with E-state index in [2.05, 4.69) is 5.32 Å². The van der Waals surface area contributed by atoms with Crippen LogP contribution in [-0.2, 0) is 0 Å². The number of amides is 1. The van der Waals surface area contributed by atoms with E-state index in [0.29, 0.717) is 11.9 Å². The largest absolute Gasteiger partial charge is 0.338 e. The van der Waals surface area contributed by atoms with E-state index < -0.39 is 0 Å². The Morgan fingerprint density at radius 2 is 1.96 bits per heavy atom. The van der Waals surface area contributed by atoms with Crippen molar-refractivity contribution in [2.24, 2.45) is 5.92 Å². The highest BCUT2D eigenvalue weighted by atomic mass is 32.1. The van der Waals surface area contributed by atoms with E-state index in [-0.39, 0.29) is 11.6 Å². The summed E-state index contributed by atoms with van der Waals surface area (Å²) in [4.78, 5) is 24.3. The molecule has 0 unspecified atom stereocenters. The number of benzene rings is 1. The number of nitrogens with one attached hydrogen (secondary N) is 1. The summed E-state index contributed by atoms with van der Waals surface area (Å²) in [6.07, 6.45) is 10.4. The first-order valence-electron chi connectivity index (χ1n) is 8.65. The van der Waals surface area contributed by atoms with Crippen LogP contribution in [0.3, 0.4) is 0 Å². The molecule has 1 aliphatic carbocycles. The topological polar surface area (TPSA) is 51.1 Å². The van der Waals surface area contributed by atoms with Gasteiger partial charge in [0, 0.05) is 6.54 Å². The lowest BCUT2D eigenvalue weighted by molar-refractivity contribution is 0.243. The standard InChI is InChI=1S/C18H24N2O2S/c21-17-15-11-4-5-12-16(15)23-20(17)18(22)19-13-7-6-10-14-8-2-1-3-9-14/h4-5,11-12,14H,1-3,6-10,13H2,(H,19,22). The molecule has 0 aliphatic heterocycles. The molecule has 124 valence electrons. The summed E-state index contributed by atoms with van der Waals surface area (Å²) in [5.41, 5.74) is -0.217. The summed E-state index contributed by atoms with van der Waals surface area (Å²) < 4.78 is 2.08. The van der Waals surface area contributed by atoms with Gasteiger partial charge in [-0.2, -0.15) is 3.96 Å². The number of hydrogen-bond acceptors (Lipinski definition) is 3. The molecular weight excluding hydrogens is 308 g/mol. The molecule has 0 radical (unpaired) electrons. The molecule has 3 rings (SSSR count). The molecular formula is C18H24N2O2S. The average molecular weight is 332 g/mol. The summed E-state index contributed by atoms with van der Waals surface area (Å²) in [5.74, 6) is 0.893. The summed E-state index contributed by atoms with van der Waals surface area (Å²) in [6.45, 7) is 0.645. The fraction of sp³-hybridized carbons (Fsp3) is 0.556. The molecule has 4 nitrogen and oxygen atoms in total. The number of unbranched alkanes of at least 4 members (excludes halogenated alkanes) is 1. The molecule has 0 atom stereocenters. The predicted octanol–water partition coefficient (Wildman–Crippen LogP) is 4.37. The van der Waals surface area contributed by atoms with E-state index >= 15 is 0 Å². The van der Waals surface area contributed by atoms with Crippen LogP contribution in [-0.4, -0.2) is 16.5 Å². The number of rotatable bonds is 5. The number of carbonyl (C=O) groups is 1. The smallest absolute Gasteiger partial charge is 0.337 e. The molecule has 1 aromatic carbocycles. The predicted molar refractivity (Wildman–Crippen MR) is 95.3 cm³/mol. The van der Waals surface area contributed by atoms with Gasteiger partial charge in [-0.1, -0.05) is 57.1 Å². The van der Waals surface area contributed by atoms with E-state index in [9.17, 15) is 9.59 Å². The van der Waals surface area contributed by atoms with Gasteiger partial charge in [-0.3, -0.25) is 4.79 Å². The molecule has 0 spiro atoms. The fourth-order valence-electron chi connectivity index (χ4n) is 3.41. The number of hydrogen-bond donors (Lipinski definition) is 1. The molecule has 1 fully saturated rings. The first-order valence-corrected chi connectivity index (χ1v) is 9.42. The van der Waals surface area contributed by atoms with Crippen LogP contribution in [0.4, 0.5) is 4.79 Å². The Labute approximate surface area is 140 Å². The van der Waals surface area contributed by atoms with Crippen LogP contribution in [0.25, 0.3) is 10.1 Å². The first kappa shape index (κ1) is 16.2. The third-order valence-corrected chi connectivity index (χ3v) is 5.78. The Kier molecular flexibility index (Phi) is 5.49. The maximum Gasteiger partial charge on any atom is 0.338 e. The van der Waals surface area contributed by atoms with Crippen molar-refractivity contribution in [1.82, 2.24) is 9.27 Å². The molecule has 5 heteroatoms. The Balaban J connectivity index is 1.45. The third kappa shape index (κ3) is 4.02. The molecule has 0 saturated heterocycles. The van der Waals surface area contributed by atoms with E-state index in [1.165, 1.54) is 54.0 Å². The number of nitrogens with zero attached hydrogens (tertiary/aromatic N) is 1. The number of fused-ring (bicyclic) bond motifs is 1. The monoisotopic (exact) mass is 332 g/mol. The SMILES string of the molecule is O=C(NCCCCC1CCCCC1)n1sc2ccccc2c1=O. The van der Waals surface area contributed by atoms with E-state index in [1.54, 1.807) is 6.07 Å². The second-order valence-corrected chi connectivity index (χ2v) is 7.41. The van der Waals surface area contributed by atoms with Gasteiger partial charge >= 0.3 is 6.03 Å². The minimum atomic E-state index is -0.297. The zero-order valence-corrected chi connectivity index (χ0v) is 14.2. The summed E-state index contributed by atoms with van der Waals surface area (Å²) in [5, 5.41) is 3.49. The van der Waals surface area contributed by atoms with Gasteiger partial charge in [-0.05, 0) is 36.0 Å². The van der Waals surface area contributed by atoms with Gasteiger partial charge in [0.15, 0.2) is 0 Å². The van der Waals surface area contributed by atoms with Crippen LogP contribution >= 0.6 is 11.5 Å². The highest BCUT2D eigenvalue weighted by Crippen LogP contribution is 2.27. The average Bonchev–Trinajstić information content (AvgIpc) is 2.93. The lowest BCUT2D eigenvalue weighted by Gasteiger charge is -2.21. The Bertz CT molecular complexity index is 713. The minimum absolute atomic E-state index is 0.217. The zero-order chi connectivity index (χ0) is 16.1. The lowest BCUT2D eigenvalue weighted by Crippen LogP contribution is -2.33. The molecule has 1 heterocycles. The Morgan fingerprint density at radius 3 is 2.74 bits per heavy atom. The number of carbonyl (C=O) groups excluding carboxylic acids is 1. The van der Waals surface area contributed by atoms with Crippen molar-refractivity contribution in [2.75, 3.05) is 6.54 Å². The van der Waals surface area contributed by atoms with Crippen LogP contribution in [0.15, 0.2) is 29.1 Å². The second kappa shape index (κ2) is 7.77. The molecule has 2 aromatic rings. The molecule has 1 amide bonds. The molecule has 1 saturated carbocycles. The van der Waals surface area contributed by atoms with Gasteiger partial charge in [-0.25, -0.2) is 4.79 Å². The third-order valence-electron chi connectivity index (χ3n) is 4.72. The Morgan fingerprint density at radius 1 is 1.17 bits per heavy atom. The molecule has 0 bridgehead atoms. The minimum Gasteiger partial charge on any atom is -0.337 e. The van der Waals surface area contributed by atoms with Crippen molar-refractivity contribution >= 4 is 27.6 Å². The van der Waals surface area contributed by atoms with Crippen molar-refractivity contribution < 1.29 is 4.79 Å². The van der Waals surface area contributed by atoms with Gasteiger partial charge in [0.1, 0.15) is 0 Å². The van der Waals surface area contributed by atoms with Crippen molar-refractivity contribution in [2.45, 2.75) is 51.4 Å². The van der Waals surface area contributed by atoms with Crippen molar-refractivity contribution in [3.05, 3.63) is 34.6 Å². The van der Waals surface area contributed by atoms with Crippen molar-refractivity contribution in [3.63, 3.8) is 0 Å². The fourth-order valence-corrected chi connectivity index (χ4v) is 4.33. The summed E-state index contributed by atoms with van der Waals surface area (Å²) in [7, 11) is 0. The summed E-state index contributed by atoms with van der Waals surface area (Å²) >= 11 is 1.21. The normalized spacial score (nSPS) is 15.8. The van der Waals surface area contributed by atoms with Crippen LogP contribution in [0, 0.1) is 5.92 Å². The summed E-state index contributed by atoms with van der Waals surface area (Å²) in [6, 6.07) is 7.04. The van der Waals surface area contributed by atoms with Crippen molar-refractivity contribution in [1.29, 1.82) is 0 Å². The maximum absolute atomic E-state index is 12.2. The zero-order valence-electron chi connectivity index (χ0n) is 13.4. The maximum atomic E-state index is 12.2. The first-order chi connectivity index (χ1) is 11.3. The van der Waals surface area contributed by atoms with Gasteiger partial charge < -0.3 is 5.32 Å². The van der Waals surface area contributed by atoms with Crippen molar-refractivity contribution in [3.8, 4) is 0 Å². The van der Waals surface area contributed by atoms with Gasteiger partial charge in [-0.15, -0.1) is 0 Å². The van der Waals surface area contributed by atoms with E-state index in [1.807, 2.05) is 18.2 Å². The highest BCUT2D eigenvalue weighted by molar-refractivity contribution is 7.14. The van der Waals surface area contributed by atoms with Crippen LogP contribution < -0.4 is 10.9 Å². The highest BCUT2D eigenvalue weighted by Gasteiger charge is 2.14. The van der Waals surface area contributed by atoms with Gasteiger partial charge in [0.25, 0.3) is 5.56 Å². The lowest BCUT2D eigenvalue weighted by atomic mass is 9.86. The van der Waals surface area contributed by atoms with Crippen LogP contribution in [0.2, 0.25) is 0 Å². The Hall–Kier alpha value is -1.62. The number of aromatic nitrogens is 1. The molecule has 1 N–H and O–H groups in total. The second-order valence-electron chi connectivity index (χ2n) is 6.42. The molecule has 23 heavy (non-hydrogen) atoms. The van der Waals surface area contributed by atoms with E-state index in [0.717, 1.165) is 23.5 Å².